The number of carboxylic acids is 1. The zero-order chi connectivity index (χ0) is 17.4. The molecule has 10 heteroatoms. The predicted octanol–water partition coefficient (Wildman–Crippen LogP) is 1.74. The van der Waals surface area contributed by atoms with Gasteiger partial charge in [-0.3, -0.25) is 4.79 Å². The molecule has 7 nitrogen and oxygen atoms in total. The average molecular weight is 330 g/mol. The van der Waals surface area contributed by atoms with Gasteiger partial charge in [-0.05, 0) is 12.0 Å². The minimum Gasteiger partial charge on any atom is -0.477 e. The summed E-state index contributed by atoms with van der Waals surface area (Å²) in [7, 11) is 0. The summed E-state index contributed by atoms with van der Waals surface area (Å²) >= 11 is 0. The van der Waals surface area contributed by atoms with Crippen LogP contribution in [0.15, 0.2) is 18.5 Å². The van der Waals surface area contributed by atoms with Gasteiger partial charge >= 0.3 is 12.1 Å². The van der Waals surface area contributed by atoms with Crippen molar-refractivity contribution in [2.24, 2.45) is 5.92 Å². The number of carbonyl (C=O) groups is 2. The van der Waals surface area contributed by atoms with E-state index in [2.05, 4.69) is 10.1 Å². The molecular weight excluding hydrogens is 317 g/mol. The molecule has 0 aromatic carbocycles. The topological polar surface area (TPSA) is 96.6 Å². The number of hydrogen-bond donors (Lipinski definition) is 2. The van der Waals surface area contributed by atoms with Gasteiger partial charge in [0.05, 0.1) is 6.20 Å². The molecule has 1 atom stereocenters. The Morgan fingerprint density at radius 3 is 2.52 bits per heavy atom. The normalized spacial score (nSPS) is 13.3. The number of hydrogen-bond acceptors (Lipinski definition) is 4. The van der Waals surface area contributed by atoms with Crippen LogP contribution in [-0.4, -0.2) is 43.8 Å². The third-order valence-corrected chi connectivity index (χ3v) is 3.17. The van der Waals surface area contributed by atoms with Gasteiger partial charge in [0.15, 0.2) is 5.65 Å². The molecule has 23 heavy (non-hydrogen) atoms. The van der Waals surface area contributed by atoms with E-state index in [-0.39, 0.29) is 16.9 Å². The second-order valence-corrected chi connectivity index (χ2v) is 5.17. The van der Waals surface area contributed by atoms with Gasteiger partial charge in [-0.25, -0.2) is 14.3 Å². The smallest absolute Gasteiger partial charge is 0.408 e. The Balaban J connectivity index is 2.40. The van der Waals surface area contributed by atoms with Crippen molar-refractivity contribution in [2.75, 3.05) is 0 Å². The summed E-state index contributed by atoms with van der Waals surface area (Å²) in [5, 5.41) is 14.6. The summed E-state index contributed by atoms with van der Waals surface area (Å²) in [6, 6.07) is -0.873. The van der Waals surface area contributed by atoms with Crippen molar-refractivity contribution in [3.05, 3.63) is 29.7 Å². The molecule has 124 valence electrons. The van der Waals surface area contributed by atoms with Crippen molar-refractivity contribution >= 4 is 17.5 Å². The van der Waals surface area contributed by atoms with Gasteiger partial charge in [-0.1, -0.05) is 13.8 Å². The van der Waals surface area contributed by atoms with E-state index in [0.29, 0.717) is 0 Å². The van der Waals surface area contributed by atoms with Gasteiger partial charge < -0.3 is 10.4 Å². The molecule has 2 rings (SSSR count). The molecule has 2 heterocycles. The van der Waals surface area contributed by atoms with Crippen LogP contribution in [-0.2, 0) is 0 Å². The summed E-state index contributed by atoms with van der Waals surface area (Å²) in [6.07, 6.45) is -2.49. The number of carbonyl (C=O) groups excluding carboxylic acids is 1. The number of aromatic nitrogens is 3. The molecule has 2 aromatic heterocycles. The van der Waals surface area contributed by atoms with Crippen LogP contribution in [0.4, 0.5) is 13.2 Å². The van der Waals surface area contributed by atoms with Crippen LogP contribution in [0.5, 0.6) is 0 Å². The SMILES string of the molecule is CC(C)C(NC(=O)c1ccnc2c(C(=O)O)cnn12)C(F)(F)F. The first kappa shape index (κ1) is 16.7. The highest BCUT2D eigenvalue weighted by molar-refractivity contribution is 5.97. The highest BCUT2D eigenvalue weighted by Crippen LogP contribution is 2.25. The van der Waals surface area contributed by atoms with Gasteiger partial charge in [-0.2, -0.15) is 18.3 Å². The molecule has 1 amide bonds. The lowest BCUT2D eigenvalue weighted by Gasteiger charge is -2.24. The number of amides is 1. The number of aromatic carboxylic acids is 1. The first-order chi connectivity index (χ1) is 10.6. The maximum Gasteiger partial charge on any atom is 0.408 e. The minimum atomic E-state index is -4.60. The molecule has 0 saturated heterocycles. The number of rotatable bonds is 4. The Kier molecular flexibility index (Phi) is 4.26. The van der Waals surface area contributed by atoms with Crippen molar-refractivity contribution in [3.63, 3.8) is 0 Å². The zero-order valence-electron chi connectivity index (χ0n) is 12.1. The van der Waals surface area contributed by atoms with Gasteiger partial charge in [-0.15, -0.1) is 0 Å². The molecule has 0 fully saturated rings. The second kappa shape index (κ2) is 5.86. The Bertz CT molecular complexity index is 754. The highest BCUT2D eigenvalue weighted by Gasteiger charge is 2.43. The molecule has 0 aliphatic carbocycles. The molecule has 0 aliphatic heterocycles. The highest BCUT2D eigenvalue weighted by atomic mass is 19.4. The Morgan fingerprint density at radius 1 is 1.35 bits per heavy atom. The van der Waals surface area contributed by atoms with E-state index in [9.17, 15) is 22.8 Å². The maximum atomic E-state index is 12.9. The predicted molar refractivity (Wildman–Crippen MR) is 72.1 cm³/mol. The van der Waals surface area contributed by atoms with Crippen molar-refractivity contribution in [2.45, 2.75) is 26.1 Å². The van der Waals surface area contributed by atoms with Gasteiger partial charge in [0.25, 0.3) is 5.91 Å². The largest absolute Gasteiger partial charge is 0.477 e. The van der Waals surface area contributed by atoms with Gasteiger partial charge in [0, 0.05) is 6.20 Å². The fourth-order valence-corrected chi connectivity index (χ4v) is 2.06. The third kappa shape index (κ3) is 3.25. The third-order valence-electron chi connectivity index (χ3n) is 3.17. The summed E-state index contributed by atoms with van der Waals surface area (Å²) in [6.45, 7) is 2.66. The van der Waals surface area contributed by atoms with E-state index in [1.165, 1.54) is 13.8 Å². The van der Waals surface area contributed by atoms with Crippen LogP contribution in [0.1, 0.15) is 34.7 Å². The lowest BCUT2D eigenvalue weighted by atomic mass is 10.0. The van der Waals surface area contributed by atoms with Crippen LogP contribution >= 0.6 is 0 Å². The number of carboxylic acid groups (broad SMARTS) is 1. The second-order valence-electron chi connectivity index (χ2n) is 5.17. The van der Waals surface area contributed by atoms with E-state index in [1.54, 1.807) is 0 Å². The Hall–Kier alpha value is -2.65. The molecule has 0 aliphatic rings. The fourth-order valence-electron chi connectivity index (χ4n) is 2.06. The lowest BCUT2D eigenvalue weighted by Crippen LogP contribution is -2.49. The van der Waals surface area contributed by atoms with Crippen molar-refractivity contribution in [3.8, 4) is 0 Å². The quantitative estimate of drug-likeness (QED) is 0.890. The molecule has 2 N–H and O–H groups in total. The molecule has 0 spiro atoms. The Morgan fingerprint density at radius 2 is 2.00 bits per heavy atom. The first-order valence-electron chi connectivity index (χ1n) is 6.56. The number of fused-ring (bicyclic) bond motifs is 1. The Labute approximate surface area is 128 Å². The van der Waals surface area contributed by atoms with E-state index in [4.69, 9.17) is 5.11 Å². The van der Waals surface area contributed by atoms with E-state index in [1.807, 2.05) is 5.32 Å². The number of alkyl halides is 3. The van der Waals surface area contributed by atoms with Crippen LogP contribution in [0, 0.1) is 5.92 Å². The van der Waals surface area contributed by atoms with E-state index >= 15 is 0 Å². The first-order valence-corrected chi connectivity index (χ1v) is 6.56. The van der Waals surface area contributed by atoms with Crippen LogP contribution in [0.3, 0.4) is 0 Å². The standard InChI is InChI=1S/C13H13F3N4O3/c1-6(2)9(13(14,15)16)19-11(21)8-3-4-17-10-7(12(22)23)5-18-20(8)10/h3-6,9H,1-2H3,(H,19,21)(H,22,23). The monoisotopic (exact) mass is 330 g/mol. The maximum absolute atomic E-state index is 12.9. The summed E-state index contributed by atoms with van der Waals surface area (Å²) in [4.78, 5) is 27.0. The number of nitrogens with zero attached hydrogens (tertiary/aromatic N) is 3. The number of halogens is 3. The van der Waals surface area contributed by atoms with Gasteiger partial charge in [0.2, 0.25) is 0 Å². The molecule has 1 unspecified atom stereocenters. The summed E-state index contributed by atoms with van der Waals surface area (Å²) < 4.78 is 39.7. The van der Waals surface area contributed by atoms with Crippen molar-refractivity contribution < 1.29 is 27.9 Å². The van der Waals surface area contributed by atoms with E-state index in [0.717, 1.165) is 23.0 Å². The lowest BCUT2D eigenvalue weighted by molar-refractivity contribution is -0.162. The van der Waals surface area contributed by atoms with E-state index < -0.39 is 30.0 Å². The average Bonchev–Trinajstić information content (AvgIpc) is 2.86. The molecule has 0 bridgehead atoms. The molecule has 2 aromatic rings. The van der Waals surface area contributed by atoms with Gasteiger partial charge in [0.1, 0.15) is 17.3 Å². The van der Waals surface area contributed by atoms with Crippen molar-refractivity contribution in [1.29, 1.82) is 0 Å². The minimum absolute atomic E-state index is 0.127. The fraction of sp³-hybridized carbons (Fsp3) is 0.385. The van der Waals surface area contributed by atoms with Crippen LogP contribution in [0.25, 0.3) is 5.65 Å². The molecule has 0 radical (unpaired) electrons. The summed E-state index contributed by atoms with van der Waals surface area (Å²) in [5.74, 6) is -3.20. The molecular formula is C13H13F3N4O3. The zero-order valence-corrected chi connectivity index (χ0v) is 12.1. The molecule has 0 saturated carbocycles. The number of nitrogens with one attached hydrogen (secondary N) is 1. The van der Waals surface area contributed by atoms with Crippen LogP contribution in [0.2, 0.25) is 0 Å². The summed E-state index contributed by atoms with van der Waals surface area (Å²) in [5.41, 5.74) is -0.619. The van der Waals surface area contributed by atoms with Crippen LogP contribution < -0.4 is 5.32 Å². The van der Waals surface area contributed by atoms with Crippen molar-refractivity contribution in [1.82, 2.24) is 19.9 Å².